The lowest BCUT2D eigenvalue weighted by molar-refractivity contribution is -0.141. The zero-order chi connectivity index (χ0) is 23.4. The van der Waals surface area contributed by atoms with Crippen LogP contribution >= 0.6 is 0 Å². The zero-order valence-corrected chi connectivity index (χ0v) is 18.8. The first kappa shape index (κ1) is 22.8. The molecule has 0 aliphatic heterocycles. The smallest absolute Gasteiger partial charge is 0.408 e. The Morgan fingerprint density at radius 3 is 2.15 bits per heavy atom. The Morgan fingerprint density at radius 2 is 1.58 bits per heavy atom. The number of carboxylic acids is 1. The van der Waals surface area contributed by atoms with Gasteiger partial charge in [-0.15, -0.1) is 0 Å². The normalized spacial score (nSPS) is 17.4. The summed E-state index contributed by atoms with van der Waals surface area (Å²) in [5.74, 6) is -2.08. The van der Waals surface area contributed by atoms with Gasteiger partial charge in [0.1, 0.15) is 12.1 Å². The fourth-order valence-electron chi connectivity index (χ4n) is 4.90. The van der Waals surface area contributed by atoms with Gasteiger partial charge in [-0.05, 0) is 35.1 Å². The van der Waals surface area contributed by atoms with Crippen LogP contribution < -0.4 is 10.6 Å². The Bertz CT molecular complexity index is 999. The van der Waals surface area contributed by atoms with Crippen LogP contribution in [-0.2, 0) is 14.3 Å². The molecule has 0 aromatic heterocycles. The molecule has 7 heteroatoms. The van der Waals surface area contributed by atoms with Crippen molar-refractivity contribution < 1.29 is 24.2 Å². The van der Waals surface area contributed by atoms with Crippen LogP contribution in [0.1, 0.15) is 56.1 Å². The minimum absolute atomic E-state index is 0.0162. The number of nitrogens with one attached hydrogen (secondary N) is 2. The van der Waals surface area contributed by atoms with Gasteiger partial charge in [0.05, 0.1) is 5.92 Å². The summed E-state index contributed by atoms with van der Waals surface area (Å²) >= 11 is 0. The molecule has 33 heavy (non-hydrogen) atoms. The van der Waals surface area contributed by atoms with Crippen LogP contribution in [0.2, 0.25) is 0 Å². The number of alkyl carbamates (subject to hydrolysis) is 1. The van der Waals surface area contributed by atoms with Crippen molar-refractivity contribution in [3.63, 3.8) is 0 Å². The second-order valence-corrected chi connectivity index (χ2v) is 9.04. The van der Waals surface area contributed by atoms with Gasteiger partial charge in [-0.3, -0.25) is 9.59 Å². The van der Waals surface area contributed by atoms with Gasteiger partial charge < -0.3 is 20.5 Å². The number of carbonyl (C=O) groups is 3. The molecule has 4 rings (SSSR count). The van der Waals surface area contributed by atoms with E-state index in [9.17, 15) is 14.4 Å². The first-order valence-electron chi connectivity index (χ1n) is 11.6. The van der Waals surface area contributed by atoms with E-state index in [2.05, 4.69) is 34.9 Å². The number of fused-ring (bicyclic) bond motifs is 3. The average Bonchev–Trinajstić information content (AvgIpc) is 3.15. The van der Waals surface area contributed by atoms with Gasteiger partial charge in [0.2, 0.25) is 5.91 Å². The molecule has 0 bridgehead atoms. The SMILES string of the molecule is CC(CNC(=O)C1(NC(=O)OCC2c3ccccc3-c3ccccc32)CCCCC1)C(=O)O. The Labute approximate surface area is 193 Å². The predicted octanol–water partition coefficient (Wildman–Crippen LogP) is 4.06. The van der Waals surface area contributed by atoms with Crippen LogP contribution in [0.15, 0.2) is 48.5 Å². The second-order valence-electron chi connectivity index (χ2n) is 9.04. The van der Waals surface area contributed by atoms with Crippen LogP contribution in [0, 0.1) is 5.92 Å². The van der Waals surface area contributed by atoms with E-state index < -0.39 is 23.5 Å². The van der Waals surface area contributed by atoms with Crippen molar-refractivity contribution in [1.29, 1.82) is 0 Å². The molecule has 0 heterocycles. The minimum Gasteiger partial charge on any atom is -0.481 e. The number of benzene rings is 2. The van der Waals surface area contributed by atoms with Crippen LogP contribution in [0.25, 0.3) is 11.1 Å². The molecule has 174 valence electrons. The molecule has 2 aliphatic carbocycles. The number of rotatable bonds is 7. The standard InChI is InChI=1S/C26H30N2O5/c1-17(23(29)30)15-27-24(31)26(13-7-2-8-14-26)28-25(32)33-16-22-20-11-5-3-9-18(20)19-10-4-6-12-21(19)22/h3-6,9-12,17,22H,2,7-8,13-16H2,1H3,(H,27,31)(H,28,32)(H,29,30). The third kappa shape index (κ3) is 4.72. The fraction of sp³-hybridized carbons (Fsp3) is 0.423. The van der Waals surface area contributed by atoms with Crippen LogP contribution in [0.3, 0.4) is 0 Å². The van der Waals surface area contributed by atoms with Crippen molar-refractivity contribution in [2.45, 2.75) is 50.5 Å². The summed E-state index contributed by atoms with van der Waals surface area (Å²) in [6.45, 7) is 1.73. The van der Waals surface area contributed by atoms with E-state index in [1.807, 2.05) is 24.3 Å². The summed E-state index contributed by atoms with van der Waals surface area (Å²) < 4.78 is 5.66. The van der Waals surface area contributed by atoms with Crippen molar-refractivity contribution in [2.75, 3.05) is 13.2 Å². The van der Waals surface area contributed by atoms with Gasteiger partial charge in [-0.25, -0.2) is 4.79 Å². The minimum atomic E-state index is -1.07. The number of amides is 2. The summed E-state index contributed by atoms with van der Waals surface area (Å²) in [4.78, 5) is 36.9. The highest BCUT2D eigenvalue weighted by atomic mass is 16.5. The Morgan fingerprint density at radius 1 is 1.00 bits per heavy atom. The summed E-state index contributed by atoms with van der Waals surface area (Å²) in [6, 6.07) is 16.2. The molecule has 2 aromatic rings. The van der Waals surface area contributed by atoms with Gasteiger partial charge in [0, 0.05) is 12.5 Å². The topological polar surface area (TPSA) is 105 Å². The molecule has 2 aromatic carbocycles. The van der Waals surface area contributed by atoms with E-state index in [1.54, 1.807) is 0 Å². The fourth-order valence-corrected chi connectivity index (χ4v) is 4.90. The Balaban J connectivity index is 1.43. The number of carboxylic acid groups (broad SMARTS) is 1. The van der Waals surface area contributed by atoms with E-state index in [0.29, 0.717) is 12.8 Å². The summed E-state index contributed by atoms with van der Waals surface area (Å²) in [6.07, 6.45) is 3.00. The highest BCUT2D eigenvalue weighted by molar-refractivity contribution is 5.90. The first-order chi connectivity index (χ1) is 15.9. The van der Waals surface area contributed by atoms with E-state index in [0.717, 1.165) is 41.5 Å². The molecule has 0 spiro atoms. The maximum Gasteiger partial charge on any atom is 0.408 e. The molecule has 2 amide bonds. The summed E-state index contributed by atoms with van der Waals surface area (Å²) in [5.41, 5.74) is 3.48. The van der Waals surface area contributed by atoms with Gasteiger partial charge in [-0.2, -0.15) is 0 Å². The lowest BCUT2D eigenvalue weighted by Gasteiger charge is -2.36. The third-order valence-corrected chi connectivity index (χ3v) is 6.82. The molecule has 1 atom stereocenters. The number of hydrogen-bond donors (Lipinski definition) is 3. The van der Waals surface area contributed by atoms with Gasteiger partial charge in [0.15, 0.2) is 0 Å². The number of carbonyl (C=O) groups excluding carboxylic acids is 2. The van der Waals surface area contributed by atoms with E-state index in [1.165, 1.54) is 6.92 Å². The Hall–Kier alpha value is -3.35. The largest absolute Gasteiger partial charge is 0.481 e. The van der Waals surface area contributed by atoms with E-state index >= 15 is 0 Å². The Kier molecular flexibility index (Phi) is 6.67. The molecule has 2 aliphatic rings. The van der Waals surface area contributed by atoms with Crippen molar-refractivity contribution in [2.24, 2.45) is 5.92 Å². The molecule has 3 N–H and O–H groups in total. The predicted molar refractivity (Wildman–Crippen MR) is 124 cm³/mol. The molecule has 7 nitrogen and oxygen atoms in total. The molecule has 0 saturated heterocycles. The van der Waals surface area contributed by atoms with Gasteiger partial charge in [0.25, 0.3) is 0 Å². The molecule has 1 unspecified atom stereocenters. The number of ether oxygens (including phenoxy) is 1. The van der Waals surface area contributed by atoms with Crippen molar-refractivity contribution in [1.82, 2.24) is 10.6 Å². The average molecular weight is 451 g/mol. The lowest BCUT2D eigenvalue weighted by atomic mass is 9.81. The maximum absolute atomic E-state index is 13.0. The van der Waals surface area contributed by atoms with Crippen LogP contribution in [0.4, 0.5) is 4.79 Å². The molecular weight excluding hydrogens is 420 g/mol. The molecule has 0 radical (unpaired) electrons. The number of hydrogen-bond acceptors (Lipinski definition) is 4. The zero-order valence-electron chi connectivity index (χ0n) is 18.8. The highest BCUT2D eigenvalue weighted by Gasteiger charge is 2.42. The molecular formula is C26H30N2O5. The van der Waals surface area contributed by atoms with E-state index in [4.69, 9.17) is 9.84 Å². The third-order valence-electron chi connectivity index (χ3n) is 6.82. The van der Waals surface area contributed by atoms with Crippen molar-refractivity contribution in [3.8, 4) is 11.1 Å². The van der Waals surface area contributed by atoms with Crippen molar-refractivity contribution >= 4 is 18.0 Å². The number of aliphatic carboxylic acids is 1. The van der Waals surface area contributed by atoms with Gasteiger partial charge in [-0.1, -0.05) is 74.7 Å². The van der Waals surface area contributed by atoms with Crippen LogP contribution in [0.5, 0.6) is 0 Å². The second kappa shape index (κ2) is 9.65. The maximum atomic E-state index is 13.0. The molecule has 1 fully saturated rings. The highest BCUT2D eigenvalue weighted by Crippen LogP contribution is 2.44. The van der Waals surface area contributed by atoms with Gasteiger partial charge >= 0.3 is 12.1 Å². The van der Waals surface area contributed by atoms with E-state index in [-0.39, 0.29) is 25.0 Å². The quantitative estimate of drug-likeness (QED) is 0.590. The monoisotopic (exact) mass is 450 g/mol. The summed E-state index contributed by atoms with van der Waals surface area (Å²) in [5, 5.41) is 14.6. The van der Waals surface area contributed by atoms with Crippen LogP contribution in [-0.4, -0.2) is 41.8 Å². The molecule has 1 saturated carbocycles. The summed E-state index contributed by atoms with van der Waals surface area (Å²) in [7, 11) is 0. The van der Waals surface area contributed by atoms with Crippen molar-refractivity contribution in [3.05, 3.63) is 59.7 Å². The lowest BCUT2D eigenvalue weighted by Crippen LogP contribution is -2.60. The first-order valence-corrected chi connectivity index (χ1v) is 11.6.